The number of anilines is 1. The fourth-order valence-corrected chi connectivity index (χ4v) is 3.10. The van der Waals surface area contributed by atoms with E-state index in [9.17, 15) is 5.11 Å². The molecule has 4 heteroatoms. The van der Waals surface area contributed by atoms with Crippen molar-refractivity contribution < 1.29 is 5.11 Å². The first-order valence-electron chi connectivity index (χ1n) is 8.00. The molecule has 2 aliphatic carbocycles. The van der Waals surface area contributed by atoms with Crippen LogP contribution in [-0.2, 0) is 0 Å². The number of nitrogens with one attached hydrogen (secondary N) is 1. The summed E-state index contributed by atoms with van der Waals surface area (Å²) < 4.78 is 0. The summed E-state index contributed by atoms with van der Waals surface area (Å²) in [5.74, 6) is 2.87. The molecular formula is C16H25N3O. The van der Waals surface area contributed by atoms with E-state index < -0.39 is 0 Å². The summed E-state index contributed by atoms with van der Waals surface area (Å²) in [4.78, 5) is 9.08. The topological polar surface area (TPSA) is 58.0 Å². The predicted molar refractivity (Wildman–Crippen MR) is 79.8 cm³/mol. The number of aromatic nitrogens is 2. The fraction of sp³-hybridized carbons (Fsp3) is 0.750. The molecule has 2 saturated carbocycles. The van der Waals surface area contributed by atoms with Crippen LogP contribution < -0.4 is 5.32 Å². The molecule has 1 aromatic rings. The van der Waals surface area contributed by atoms with Gasteiger partial charge in [0.25, 0.3) is 0 Å². The molecule has 0 aromatic carbocycles. The highest BCUT2D eigenvalue weighted by Gasteiger charge is 2.27. The summed E-state index contributed by atoms with van der Waals surface area (Å²) in [5.41, 5.74) is 1.01. The summed E-state index contributed by atoms with van der Waals surface area (Å²) in [6, 6.07) is 1.97. The van der Waals surface area contributed by atoms with Gasteiger partial charge in [0.1, 0.15) is 11.6 Å². The quantitative estimate of drug-likeness (QED) is 0.867. The van der Waals surface area contributed by atoms with Crippen molar-refractivity contribution >= 4 is 5.82 Å². The highest BCUT2D eigenvalue weighted by Crippen LogP contribution is 2.38. The van der Waals surface area contributed by atoms with E-state index >= 15 is 0 Å². The van der Waals surface area contributed by atoms with Crippen molar-refractivity contribution in [3.63, 3.8) is 0 Å². The Morgan fingerprint density at radius 3 is 2.65 bits per heavy atom. The van der Waals surface area contributed by atoms with Crippen LogP contribution in [0.3, 0.4) is 0 Å². The van der Waals surface area contributed by atoms with Gasteiger partial charge in [-0.3, -0.25) is 0 Å². The molecule has 20 heavy (non-hydrogen) atoms. The van der Waals surface area contributed by atoms with Gasteiger partial charge in [-0.15, -0.1) is 0 Å². The largest absolute Gasteiger partial charge is 0.391 e. The van der Waals surface area contributed by atoms with E-state index in [0.717, 1.165) is 17.3 Å². The maximum atomic E-state index is 10.3. The van der Waals surface area contributed by atoms with Crippen molar-refractivity contribution in [3.8, 4) is 0 Å². The van der Waals surface area contributed by atoms with Crippen molar-refractivity contribution in [3.05, 3.63) is 17.6 Å². The molecule has 2 N–H and O–H groups in total. The van der Waals surface area contributed by atoms with Gasteiger partial charge in [-0.25, -0.2) is 9.97 Å². The molecule has 0 radical (unpaired) electrons. The van der Waals surface area contributed by atoms with Crippen LogP contribution in [0.25, 0.3) is 0 Å². The minimum Gasteiger partial charge on any atom is -0.391 e. The summed E-state index contributed by atoms with van der Waals surface area (Å²) >= 11 is 0. The maximum absolute atomic E-state index is 10.3. The number of aryl methyl sites for hydroxylation is 1. The van der Waals surface area contributed by atoms with Gasteiger partial charge in [-0.2, -0.15) is 0 Å². The molecule has 0 bridgehead atoms. The monoisotopic (exact) mass is 275 g/mol. The summed E-state index contributed by atoms with van der Waals surface area (Å²) in [5, 5.41) is 13.6. The van der Waals surface area contributed by atoms with Gasteiger partial charge >= 0.3 is 0 Å². The van der Waals surface area contributed by atoms with Gasteiger partial charge < -0.3 is 10.4 Å². The van der Waals surface area contributed by atoms with E-state index in [1.807, 2.05) is 13.0 Å². The Morgan fingerprint density at radius 2 is 1.95 bits per heavy atom. The van der Waals surface area contributed by atoms with Crippen LogP contribution in [0.2, 0.25) is 0 Å². The van der Waals surface area contributed by atoms with Crippen molar-refractivity contribution in [2.45, 2.75) is 63.9 Å². The van der Waals surface area contributed by atoms with Gasteiger partial charge in [0.2, 0.25) is 0 Å². The summed E-state index contributed by atoms with van der Waals surface area (Å²) in [7, 11) is 0. The molecular weight excluding hydrogens is 250 g/mol. The summed E-state index contributed by atoms with van der Waals surface area (Å²) in [6.07, 6.45) is 8.36. The molecule has 0 saturated heterocycles. The smallest absolute Gasteiger partial charge is 0.134 e. The van der Waals surface area contributed by atoms with Crippen LogP contribution in [0.15, 0.2) is 6.07 Å². The van der Waals surface area contributed by atoms with E-state index in [1.54, 1.807) is 0 Å². The van der Waals surface area contributed by atoms with Crippen LogP contribution >= 0.6 is 0 Å². The Balaban J connectivity index is 1.57. The average Bonchev–Trinajstić information content (AvgIpc) is 3.30. The molecule has 3 rings (SSSR count). The number of nitrogens with zero attached hydrogens (tertiary/aromatic N) is 2. The first-order chi connectivity index (χ1) is 9.72. The zero-order chi connectivity index (χ0) is 13.9. The molecule has 0 spiro atoms. The molecule has 0 aliphatic heterocycles. The van der Waals surface area contributed by atoms with E-state index in [-0.39, 0.29) is 6.10 Å². The molecule has 1 aromatic heterocycles. The molecule has 0 unspecified atom stereocenters. The molecule has 4 nitrogen and oxygen atoms in total. The first kappa shape index (κ1) is 13.8. The second-order valence-corrected chi connectivity index (χ2v) is 6.37. The number of aliphatic hydroxyl groups excluding tert-OH is 1. The molecule has 2 fully saturated rings. The summed E-state index contributed by atoms with van der Waals surface area (Å²) in [6.45, 7) is 2.61. The lowest BCUT2D eigenvalue weighted by atomic mass is 9.85. The van der Waals surface area contributed by atoms with Crippen molar-refractivity contribution in [2.75, 3.05) is 11.9 Å². The third-order valence-electron chi connectivity index (χ3n) is 4.50. The highest BCUT2D eigenvalue weighted by atomic mass is 16.3. The number of hydrogen-bond donors (Lipinski definition) is 2. The Labute approximate surface area is 121 Å². The normalized spacial score (nSPS) is 21.7. The standard InChI is InChI=1S/C16H25N3O/c1-11-9-15(19-16(18-11)13-7-8-13)17-10-14(20)12-5-3-2-4-6-12/h9,12-14,20H,2-8,10H2,1H3,(H,17,18,19)/t14-/m0/s1. The minimum absolute atomic E-state index is 0.255. The van der Waals surface area contributed by atoms with Gasteiger partial charge in [-0.05, 0) is 38.5 Å². The molecule has 2 aliphatic rings. The third-order valence-corrected chi connectivity index (χ3v) is 4.50. The second-order valence-electron chi connectivity index (χ2n) is 6.37. The first-order valence-corrected chi connectivity index (χ1v) is 8.00. The molecule has 1 heterocycles. The third kappa shape index (κ3) is 3.48. The minimum atomic E-state index is -0.255. The molecule has 1 atom stereocenters. The molecule has 0 amide bonds. The number of hydrogen-bond acceptors (Lipinski definition) is 4. The highest BCUT2D eigenvalue weighted by molar-refractivity contribution is 5.36. The Hall–Kier alpha value is -1.16. The lowest BCUT2D eigenvalue weighted by Gasteiger charge is -2.26. The Morgan fingerprint density at radius 1 is 1.20 bits per heavy atom. The zero-order valence-electron chi connectivity index (χ0n) is 12.3. The predicted octanol–water partition coefficient (Wildman–Crippen LogP) is 3.02. The Bertz CT molecular complexity index is 453. The lowest BCUT2D eigenvalue weighted by molar-refractivity contribution is 0.0955. The second kappa shape index (κ2) is 6.08. The van der Waals surface area contributed by atoms with Crippen molar-refractivity contribution in [2.24, 2.45) is 5.92 Å². The van der Waals surface area contributed by atoms with E-state index in [1.165, 1.54) is 44.9 Å². The van der Waals surface area contributed by atoms with Crippen LogP contribution in [-0.4, -0.2) is 27.7 Å². The molecule has 110 valence electrons. The van der Waals surface area contributed by atoms with Gasteiger partial charge in [0.05, 0.1) is 6.10 Å². The van der Waals surface area contributed by atoms with Gasteiger partial charge in [0, 0.05) is 24.2 Å². The average molecular weight is 275 g/mol. The van der Waals surface area contributed by atoms with Crippen LogP contribution in [0, 0.1) is 12.8 Å². The van der Waals surface area contributed by atoms with Gasteiger partial charge in [0.15, 0.2) is 0 Å². The van der Waals surface area contributed by atoms with E-state index in [4.69, 9.17) is 0 Å². The van der Waals surface area contributed by atoms with Gasteiger partial charge in [-0.1, -0.05) is 19.3 Å². The number of rotatable bonds is 5. The SMILES string of the molecule is Cc1cc(NC[C@H](O)C2CCCCC2)nc(C2CC2)n1. The van der Waals surface area contributed by atoms with Crippen molar-refractivity contribution in [1.82, 2.24) is 9.97 Å². The van der Waals surface area contributed by atoms with Crippen LogP contribution in [0.5, 0.6) is 0 Å². The van der Waals surface area contributed by atoms with E-state index in [0.29, 0.717) is 18.4 Å². The lowest BCUT2D eigenvalue weighted by Crippen LogP contribution is -2.30. The zero-order valence-corrected chi connectivity index (χ0v) is 12.3. The number of aliphatic hydroxyl groups is 1. The van der Waals surface area contributed by atoms with Crippen LogP contribution in [0.1, 0.15) is 62.4 Å². The van der Waals surface area contributed by atoms with Crippen molar-refractivity contribution in [1.29, 1.82) is 0 Å². The van der Waals surface area contributed by atoms with Crippen LogP contribution in [0.4, 0.5) is 5.82 Å². The fourth-order valence-electron chi connectivity index (χ4n) is 3.10. The van der Waals surface area contributed by atoms with E-state index in [2.05, 4.69) is 15.3 Å². The Kier molecular flexibility index (Phi) is 4.20. The maximum Gasteiger partial charge on any atom is 0.134 e.